The lowest BCUT2D eigenvalue weighted by Crippen LogP contribution is -2.10. The van der Waals surface area contributed by atoms with Gasteiger partial charge in [-0.25, -0.2) is 0 Å². The second-order valence-corrected chi connectivity index (χ2v) is 12.9. The predicted molar refractivity (Wildman–Crippen MR) is 216 cm³/mol. The number of rotatable bonds is 6. The van der Waals surface area contributed by atoms with Crippen molar-refractivity contribution in [1.29, 1.82) is 0 Å². The summed E-state index contributed by atoms with van der Waals surface area (Å²) in [5, 5.41) is 9.26. The van der Waals surface area contributed by atoms with E-state index in [0.717, 1.165) is 61.4 Å². The lowest BCUT2D eigenvalue weighted by atomic mass is 9.91. The molecule has 0 aliphatic rings. The molecule has 0 saturated heterocycles. The van der Waals surface area contributed by atoms with Gasteiger partial charge in [-0.3, -0.25) is 0 Å². The summed E-state index contributed by atoms with van der Waals surface area (Å²) in [6.07, 6.45) is 0. The highest BCUT2D eigenvalue weighted by Crippen LogP contribution is 2.49. The van der Waals surface area contributed by atoms with E-state index < -0.39 is 0 Å². The van der Waals surface area contributed by atoms with Gasteiger partial charge in [0.25, 0.3) is 0 Å². The highest BCUT2D eigenvalue weighted by molar-refractivity contribution is 6.37. The second-order valence-electron chi connectivity index (χ2n) is 12.9. The van der Waals surface area contributed by atoms with Crippen LogP contribution in [-0.4, -0.2) is 0 Å². The molecule has 3 heteroatoms. The van der Waals surface area contributed by atoms with E-state index in [0.29, 0.717) is 0 Å². The molecule has 10 rings (SSSR count). The Balaban J connectivity index is 1.33. The molecule has 0 radical (unpaired) electrons. The van der Waals surface area contributed by atoms with Crippen LogP contribution in [0.5, 0.6) is 0 Å². The molecule has 0 amide bonds. The van der Waals surface area contributed by atoms with Gasteiger partial charge in [-0.05, 0) is 89.0 Å². The fraction of sp³-hybridized carbons (Fsp3) is 0. The minimum atomic E-state index is 0.871. The molecule has 1 heterocycles. The molecule has 0 spiro atoms. The van der Waals surface area contributed by atoms with Crippen LogP contribution in [0.1, 0.15) is 0 Å². The number of anilines is 6. The van der Waals surface area contributed by atoms with E-state index >= 15 is 0 Å². The largest absolute Gasteiger partial charge is 0.455 e. The molecule has 9 aromatic carbocycles. The van der Waals surface area contributed by atoms with E-state index in [1.807, 2.05) is 0 Å². The van der Waals surface area contributed by atoms with Crippen molar-refractivity contribution in [3.8, 4) is 0 Å². The molecule has 240 valence electrons. The standard InChI is InChI=1S/C48H32N2O/c1-5-17-33(18-6-1)49(34-19-7-2-8-20-34)37-29-30-45-43(31-37)47-46-40-27-15-14-26-39(40)44(32-42(46)38-25-13-16-28-41(38)48(47)51-45)50(35-21-9-3-10-22-35)36-23-11-4-12-24-36/h1-32H. The van der Waals surface area contributed by atoms with Gasteiger partial charge in [0.1, 0.15) is 11.2 Å². The summed E-state index contributed by atoms with van der Waals surface area (Å²) in [6, 6.07) is 68.9. The topological polar surface area (TPSA) is 19.6 Å². The van der Waals surface area contributed by atoms with E-state index in [-0.39, 0.29) is 0 Å². The van der Waals surface area contributed by atoms with E-state index in [9.17, 15) is 0 Å². The van der Waals surface area contributed by atoms with Gasteiger partial charge in [-0.2, -0.15) is 0 Å². The van der Waals surface area contributed by atoms with Gasteiger partial charge in [0.2, 0.25) is 0 Å². The Morgan fingerprint density at radius 3 is 1.33 bits per heavy atom. The second kappa shape index (κ2) is 11.9. The Morgan fingerprint density at radius 1 is 0.294 bits per heavy atom. The Labute approximate surface area is 295 Å². The molecule has 0 saturated carbocycles. The van der Waals surface area contributed by atoms with Gasteiger partial charge in [0.15, 0.2) is 0 Å². The lowest BCUT2D eigenvalue weighted by molar-refractivity contribution is 0.673. The maximum atomic E-state index is 6.86. The SMILES string of the molecule is c1ccc(N(c2ccccc2)c2ccc3oc4c5ccccc5c5cc(N(c6ccccc6)c6ccccc6)c6ccccc6c5c4c3c2)cc1. The first-order chi connectivity index (χ1) is 25.3. The van der Waals surface area contributed by atoms with Crippen LogP contribution in [0.3, 0.4) is 0 Å². The summed E-state index contributed by atoms with van der Waals surface area (Å²) in [6.45, 7) is 0. The van der Waals surface area contributed by atoms with Gasteiger partial charge in [-0.15, -0.1) is 0 Å². The van der Waals surface area contributed by atoms with Gasteiger partial charge in [0, 0.05) is 55.4 Å². The van der Waals surface area contributed by atoms with Crippen molar-refractivity contribution in [2.75, 3.05) is 9.80 Å². The van der Waals surface area contributed by atoms with Crippen molar-refractivity contribution >= 4 is 88.4 Å². The minimum Gasteiger partial charge on any atom is -0.455 e. The van der Waals surface area contributed by atoms with Crippen molar-refractivity contribution in [2.45, 2.75) is 0 Å². The van der Waals surface area contributed by atoms with Gasteiger partial charge in [0.05, 0.1) is 5.69 Å². The molecule has 3 nitrogen and oxygen atoms in total. The normalized spacial score (nSPS) is 11.5. The lowest BCUT2D eigenvalue weighted by Gasteiger charge is -2.28. The van der Waals surface area contributed by atoms with Crippen LogP contribution in [0.4, 0.5) is 34.1 Å². The van der Waals surface area contributed by atoms with Crippen molar-refractivity contribution in [3.63, 3.8) is 0 Å². The van der Waals surface area contributed by atoms with E-state index in [2.05, 4.69) is 204 Å². The van der Waals surface area contributed by atoms with Crippen molar-refractivity contribution in [3.05, 3.63) is 194 Å². The van der Waals surface area contributed by atoms with Crippen LogP contribution >= 0.6 is 0 Å². The first kappa shape index (κ1) is 29.1. The third-order valence-corrected chi connectivity index (χ3v) is 9.96. The zero-order chi connectivity index (χ0) is 33.7. The highest BCUT2D eigenvalue weighted by atomic mass is 16.3. The minimum absolute atomic E-state index is 0.871. The molecule has 0 fully saturated rings. The highest BCUT2D eigenvalue weighted by Gasteiger charge is 2.23. The quantitative estimate of drug-likeness (QED) is 0.167. The Kier molecular flexibility index (Phi) is 6.81. The third-order valence-electron chi connectivity index (χ3n) is 9.96. The van der Waals surface area contributed by atoms with Gasteiger partial charge in [-0.1, -0.05) is 121 Å². The average molecular weight is 653 g/mol. The van der Waals surface area contributed by atoms with E-state index in [4.69, 9.17) is 4.42 Å². The molecular weight excluding hydrogens is 621 g/mol. The fourth-order valence-electron chi connectivity index (χ4n) is 7.78. The van der Waals surface area contributed by atoms with Gasteiger partial charge >= 0.3 is 0 Å². The van der Waals surface area contributed by atoms with E-state index in [1.165, 1.54) is 26.9 Å². The first-order valence-corrected chi connectivity index (χ1v) is 17.4. The number of hydrogen-bond acceptors (Lipinski definition) is 3. The molecule has 0 aliphatic carbocycles. The molecule has 0 unspecified atom stereocenters. The van der Waals surface area contributed by atoms with Crippen LogP contribution < -0.4 is 9.80 Å². The number of fused-ring (bicyclic) bond motifs is 10. The maximum Gasteiger partial charge on any atom is 0.143 e. The Morgan fingerprint density at radius 2 is 0.765 bits per heavy atom. The van der Waals surface area contributed by atoms with Gasteiger partial charge < -0.3 is 14.2 Å². The average Bonchev–Trinajstić information content (AvgIpc) is 3.59. The van der Waals surface area contributed by atoms with Crippen LogP contribution in [0.25, 0.3) is 54.3 Å². The van der Waals surface area contributed by atoms with E-state index in [1.54, 1.807) is 0 Å². The number of para-hydroxylation sites is 4. The van der Waals surface area contributed by atoms with Crippen molar-refractivity contribution < 1.29 is 4.42 Å². The molecule has 10 aromatic rings. The molecule has 0 atom stereocenters. The number of hydrogen-bond donors (Lipinski definition) is 0. The van der Waals surface area contributed by atoms with Crippen LogP contribution in [0.15, 0.2) is 199 Å². The molecule has 0 N–H and O–H groups in total. The summed E-state index contributed by atoms with van der Waals surface area (Å²) in [7, 11) is 0. The van der Waals surface area contributed by atoms with Crippen LogP contribution in [0.2, 0.25) is 0 Å². The van der Waals surface area contributed by atoms with Crippen LogP contribution in [-0.2, 0) is 0 Å². The summed E-state index contributed by atoms with van der Waals surface area (Å²) in [4.78, 5) is 4.69. The number of benzene rings is 9. The number of furan rings is 1. The molecule has 0 bridgehead atoms. The first-order valence-electron chi connectivity index (χ1n) is 17.4. The van der Waals surface area contributed by atoms with Crippen molar-refractivity contribution in [1.82, 2.24) is 0 Å². The maximum absolute atomic E-state index is 6.86. The molecule has 51 heavy (non-hydrogen) atoms. The monoisotopic (exact) mass is 652 g/mol. The predicted octanol–water partition coefficient (Wildman–Crippen LogP) is 14.0. The number of nitrogens with zero attached hydrogens (tertiary/aromatic N) is 2. The Bertz CT molecular complexity index is 2770. The summed E-state index contributed by atoms with van der Waals surface area (Å²) in [5.74, 6) is 0. The van der Waals surface area contributed by atoms with Crippen LogP contribution in [0, 0.1) is 0 Å². The molecule has 1 aromatic heterocycles. The zero-order valence-electron chi connectivity index (χ0n) is 27.8. The molecule has 0 aliphatic heterocycles. The summed E-state index contributed by atoms with van der Waals surface area (Å²) >= 11 is 0. The smallest absolute Gasteiger partial charge is 0.143 e. The fourth-order valence-corrected chi connectivity index (χ4v) is 7.78. The van der Waals surface area contributed by atoms with Crippen molar-refractivity contribution in [2.24, 2.45) is 0 Å². The zero-order valence-corrected chi connectivity index (χ0v) is 27.8. The summed E-state index contributed by atoms with van der Waals surface area (Å²) in [5.41, 5.74) is 8.41. The third kappa shape index (κ3) is 4.74. The Hall–Kier alpha value is -6.84. The molecular formula is C48H32N2O. The summed E-state index contributed by atoms with van der Waals surface area (Å²) < 4.78 is 6.86.